The summed E-state index contributed by atoms with van der Waals surface area (Å²) in [5.74, 6) is 1.09. The van der Waals surface area contributed by atoms with Crippen molar-refractivity contribution >= 4 is 35.0 Å². The van der Waals surface area contributed by atoms with E-state index < -0.39 is 0 Å². The lowest BCUT2D eigenvalue weighted by molar-refractivity contribution is -0.119. The Balaban J connectivity index is 1.91. The summed E-state index contributed by atoms with van der Waals surface area (Å²) in [5, 5.41) is 2.81. The van der Waals surface area contributed by atoms with E-state index in [1.54, 1.807) is 16.7 Å². The Bertz CT molecular complexity index is 820. The van der Waals surface area contributed by atoms with Crippen LogP contribution in [0.25, 0.3) is 0 Å². The molecule has 1 fully saturated rings. The van der Waals surface area contributed by atoms with Crippen LogP contribution in [0.3, 0.4) is 0 Å². The van der Waals surface area contributed by atoms with Crippen molar-refractivity contribution in [3.8, 4) is 5.75 Å². The molecule has 27 heavy (non-hydrogen) atoms. The number of benzene rings is 2. The highest BCUT2D eigenvalue weighted by Gasteiger charge is 2.35. The molecule has 0 bridgehead atoms. The van der Waals surface area contributed by atoms with Crippen LogP contribution in [-0.4, -0.2) is 24.2 Å². The van der Waals surface area contributed by atoms with Crippen molar-refractivity contribution in [3.63, 3.8) is 0 Å². The number of ether oxygens (including phenoxy) is 1. The quantitative estimate of drug-likeness (QED) is 0.799. The topological polar surface area (TPSA) is 58.6 Å². The van der Waals surface area contributed by atoms with Gasteiger partial charge in [-0.25, -0.2) is 0 Å². The molecular formula is C21H24N2O3S. The lowest BCUT2D eigenvalue weighted by Crippen LogP contribution is -2.28. The van der Waals surface area contributed by atoms with Gasteiger partial charge in [0.15, 0.2) is 0 Å². The molecule has 1 aliphatic rings. The average molecular weight is 385 g/mol. The van der Waals surface area contributed by atoms with Crippen molar-refractivity contribution in [2.45, 2.75) is 26.1 Å². The maximum atomic E-state index is 12.6. The molecule has 1 atom stereocenters. The number of anilines is 2. The van der Waals surface area contributed by atoms with Gasteiger partial charge in [0.1, 0.15) is 11.1 Å². The number of para-hydroxylation sites is 1. The predicted octanol–water partition coefficient (Wildman–Crippen LogP) is 4.46. The molecule has 5 nitrogen and oxygen atoms in total. The van der Waals surface area contributed by atoms with Crippen molar-refractivity contribution < 1.29 is 14.3 Å². The molecule has 0 unspecified atom stereocenters. The smallest absolute Gasteiger partial charge is 0.238 e. The molecule has 0 aliphatic carbocycles. The number of nitrogens with zero attached hydrogens (tertiary/aromatic N) is 1. The zero-order valence-electron chi connectivity index (χ0n) is 15.8. The highest BCUT2D eigenvalue weighted by molar-refractivity contribution is 8.00. The molecule has 1 N–H and O–H groups in total. The fourth-order valence-corrected chi connectivity index (χ4v) is 4.12. The van der Waals surface area contributed by atoms with Gasteiger partial charge in [-0.3, -0.25) is 14.5 Å². The van der Waals surface area contributed by atoms with Gasteiger partial charge in [-0.05, 0) is 37.3 Å². The van der Waals surface area contributed by atoms with Gasteiger partial charge in [-0.15, -0.1) is 11.8 Å². The highest BCUT2D eigenvalue weighted by atomic mass is 32.2. The van der Waals surface area contributed by atoms with Crippen LogP contribution in [0.4, 0.5) is 11.4 Å². The molecule has 1 saturated heterocycles. The van der Waals surface area contributed by atoms with Gasteiger partial charge in [-0.2, -0.15) is 0 Å². The van der Waals surface area contributed by atoms with Crippen molar-refractivity contribution in [1.82, 2.24) is 0 Å². The number of carbonyl (C=O) groups excluding carboxylic acids is 2. The summed E-state index contributed by atoms with van der Waals surface area (Å²) >= 11 is 1.56. The first-order valence-electron chi connectivity index (χ1n) is 9.07. The number of carbonyl (C=O) groups is 2. The summed E-state index contributed by atoms with van der Waals surface area (Å²) in [6, 6.07) is 15.2. The van der Waals surface area contributed by atoms with Crippen LogP contribution in [0.15, 0.2) is 48.5 Å². The molecule has 0 radical (unpaired) electrons. The molecule has 3 rings (SSSR count). The molecule has 6 heteroatoms. The van der Waals surface area contributed by atoms with Gasteiger partial charge in [-0.1, -0.05) is 32.0 Å². The Morgan fingerprint density at radius 3 is 2.59 bits per heavy atom. The second kappa shape index (κ2) is 8.48. The molecule has 1 aliphatic heterocycles. The van der Waals surface area contributed by atoms with E-state index >= 15 is 0 Å². The molecule has 2 aromatic rings. The van der Waals surface area contributed by atoms with Gasteiger partial charge >= 0.3 is 0 Å². The van der Waals surface area contributed by atoms with Gasteiger partial charge in [0.05, 0.1) is 12.4 Å². The van der Waals surface area contributed by atoms with E-state index in [0.29, 0.717) is 12.4 Å². The molecule has 142 valence electrons. The second-order valence-electron chi connectivity index (χ2n) is 6.59. The highest BCUT2D eigenvalue weighted by Crippen LogP contribution is 2.44. The van der Waals surface area contributed by atoms with Gasteiger partial charge in [0.25, 0.3) is 0 Å². The third-order valence-electron chi connectivity index (χ3n) is 4.30. The number of thioether (sulfide) groups is 1. The van der Waals surface area contributed by atoms with E-state index in [1.165, 1.54) is 0 Å². The van der Waals surface area contributed by atoms with Crippen molar-refractivity contribution in [1.29, 1.82) is 0 Å². The number of rotatable bonds is 6. The van der Waals surface area contributed by atoms with Crippen LogP contribution in [0.2, 0.25) is 0 Å². The summed E-state index contributed by atoms with van der Waals surface area (Å²) in [6.07, 6.45) is 0. The Labute approximate surface area is 164 Å². The lowest BCUT2D eigenvalue weighted by atomic mass is 10.1. The SMILES string of the molecule is CCOc1ccc(N2C(=O)CS[C@H]2c2ccccc2NC(=O)C(C)C)cc1. The standard InChI is InChI=1S/C21H24N2O3S/c1-4-26-16-11-9-15(10-12-16)23-19(24)13-27-21(23)17-7-5-6-8-18(17)22-20(25)14(2)3/h5-12,14,21H,4,13H2,1-3H3,(H,22,25)/t21-/m0/s1. The maximum absolute atomic E-state index is 12.6. The van der Waals surface area contributed by atoms with E-state index in [1.807, 2.05) is 69.3 Å². The second-order valence-corrected chi connectivity index (χ2v) is 7.65. The third kappa shape index (κ3) is 4.27. The minimum atomic E-state index is -0.181. The number of hydrogen-bond donors (Lipinski definition) is 1. The van der Waals surface area contributed by atoms with Gasteiger partial charge in [0.2, 0.25) is 11.8 Å². The average Bonchev–Trinajstić information content (AvgIpc) is 3.04. The van der Waals surface area contributed by atoms with Crippen molar-refractivity contribution in [2.75, 3.05) is 22.6 Å². The summed E-state index contributed by atoms with van der Waals surface area (Å²) in [6.45, 7) is 6.26. The first kappa shape index (κ1) is 19.3. The van der Waals surface area contributed by atoms with E-state index in [-0.39, 0.29) is 23.1 Å². The first-order valence-corrected chi connectivity index (χ1v) is 10.1. The molecule has 0 spiro atoms. The van der Waals surface area contributed by atoms with E-state index in [4.69, 9.17) is 4.74 Å². The molecule has 2 amide bonds. The van der Waals surface area contributed by atoms with E-state index in [2.05, 4.69) is 5.32 Å². The van der Waals surface area contributed by atoms with Gasteiger partial charge in [0, 0.05) is 22.9 Å². The van der Waals surface area contributed by atoms with Crippen LogP contribution in [0, 0.1) is 5.92 Å². The van der Waals surface area contributed by atoms with Gasteiger partial charge < -0.3 is 10.1 Å². The first-order chi connectivity index (χ1) is 13.0. The largest absolute Gasteiger partial charge is 0.494 e. The number of nitrogens with one attached hydrogen (secondary N) is 1. The van der Waals surface area contributed by atoms with Crippen LogP contribution in [-0.2, 0) is 9.59 Å². The lowest BCUT2D eigenvalue weighted by Gasteiger charge is -2.26. The fraction of sp³-hybridized carbons (Fsp3) is 0.333. The molecule has 0 saturated carbocycles. The minimum Gasteiger partial charge on any atom is -0.494 e. The minimum absolute atomic E-state index is 0.0376. The van der Waals surface area contributed by atoms with Crippen molar-refractivity contribution in [3.05, 3.63) is 54.1 Å². The Morgan fingerprint density at radius 1 is 1.22 bits per heavy atom. The zero-order chi connectivity index (χ0) is 19.4. The predicted molar refractivity (Wildman–Crippen MR) is 110 cm³/mol. The van der Waals surface area contributed by atoms with Crippen molar-refractivity contribution in [2.24, 2.45) is 5.92 Å². The molecule has 1 heterocycles. The number of hydrogen-bond acceptors (Lipinski definition) is 4. The van der Waals surface area contributed by atoms with E-state index in [0.717, 1.165) is 22.7 Å². The molecular weight excluding hydrogens is 360 g/mol. The Hall–Kier alpha value is -2.47. The monoisotopic (exact) mass is 384 g/mol. The maximum Gasteiger partial charge on any atom is 0.238 e. The fourth-order valence-electron chi connectivity index (χ4n) is 2.91. The van der Waals surface area contributed by atoms with Crippen LogP contribution >= 0.6 is 11.8 Å². The van der Waals surface area contributed by atoms with E-state index in [9.17, 15) is 9.59 Å². The summed E-state index contributed by atoms with van der Waals surface area (Å²) < 4.78 is 5.49. The van der Waals surface area contributed by atoms with Crippen LogP contribution in [0.5, 0.6) is 5.75 Å². The van der Waals surface area contributed by atoms with Crippen LogP contribution in [0.1, 0.15) is 31.7 Å². The zero-order valence-corrected chi connectivity index (χ0v) is 16.6. The molecule has 0 aromatic heterocycles. The number of amides is 2. The third-order valence-corrected chi connectivity index (χ3v) is 5.50. The summed E-state index contributed by atoms with van der Waals surface area (Å²) in [5.41, 5.74) is 2.50. The molecule has 2 aromatic carbocycles. The summed E-state index contributed by atoms with van der Waals surface area (Å²) in [4.78, 5) is 26.6. The summed E-state index contributed by atoms with van der Waals surface area (Å²) in [7, 11) is 0. The Morgan fingerprint density at radius 2 is 1.93 bits per heavy atom. The normalized spacial score (nSPS) is 16.7. The Kier molecular flexibility index (Phi) is 6.06. The van der Waals surface area contributed by atoms with Crippen LogP contribution < -0.4 is 15.0 Å².